The van der Waals surface area contributed by atoms with Gasteiger partial charge < -0.3 is 5.32 Å². The van der Waals surface area contributed by atoms with Crippen LogP contribution in [0.5, 0.6) is 0 Å². The van der Waals surface area contributed by atoms with Gasteiger partial charge in [-0.1, -0.05) is 6.92 Å². The first-order valence-electron chi connectivity index (χ1n) is 6.46. The van der Waals surface area contributed by atoms with Gasteiger partial charge in [0.1, 0.15) is 0 Å². The Morgan fingerprint density at radius 3 is 3.00 bits per heavy atom. The summed E-state index contributed by atoms with van der Waals surface area (Å²) in [5.74, 6) is 0.800. The number of nitrogens with one attached hydrogen (secondary N) is 1. The van der Waals surface area contributed by atoms with Gasteiger partial charge >= 0.3 is 0 Å². The summed E-state index contributed by atoms with van der Waals surface area (Å²) in [6, 6.07) is 2.96. The van der Waals surface area contributed by atoms with Crippen LogP contribution in [0, 0.1) is 5.92 Å². The molecule has 2 rings (SSSR count). The lowest BCUT2D eigenvalue weighted by Gasteiger charge is -2.11. The number of hydrogen-bond donors (Lipinski definition) is 1. The van der Waals surface area contributed by atoms with Crippen molar-refractivity contribution >= 4 is 0 Å². The fourth-order valence-corrected chi connectivity index (χ4v) is 2.04. The van der Waals surface area contributed by atoms with E-state index in [0.29, 0.717) is 0 Å². The monoisotopic (exact) mass is 221 g/mol. The van der Waals surface area contributed by atoms with Crippen LogP contribution >= 0.6 is 0 Å². The average Bonchev–Trinajstić information content (AvgIpc) is 3.01. The van der Waals surface area contributed by atoms with E-state index in [-0.39, 0.29) is 0 Å². The summed E-state index contributed by atoms with van der Waals surface area (Å²) in [5.41, 5.74) is 1.35. The molecule has 1 N–H and O–H groups in total. The van der Waals surface area contributed by atoms with Gasteiger partial charge in [-0.3, -0.25) is 4.68 Å². The van der Waals surface area contributed by atoms with E-state index in [1.54, 1.807) is 0 Å². The molecule has 3 nitrogen and oxygen atoms in total. The van der Waals surface area contributed by atoms with E-state index in [9.17, 15) is 0 Å². The van der Waals surface area contributed by atoms with Gasteiger partial charge in [0, 0.05) is 25.0 Å². The van der Waals surface area contributed by atoms with Crippen LogP contribution < -0.4 is 5.32 Å². The van der Waals surface area contributed by atoms with Crippen LogP contribution in [-0.4, -0.2) is 22.4 Å². The molecule has 0 bridgehead atoms. The largest absolute Gasteiger partial charge is 0.314 e. The molecular weight excluding hydrogens is 198 g/mol. The summed E-state index contributed by atoms with van der Waals surface area (Å²) in [6.07, 6.45) is 8.40. The Morgan fingerprint density at radius 2 is 2.38 bits per heavy atom. The fraction of sp³-hybridized carbons (Fsp3) is 0.769. The lowest BCUT2D eigenvalue weighted by atomic mass is 10.0. The summed E-state index contributed by atoms with van der Waals surface area (Å²) < 4.78 is 1.98. The fourth-order valence-electron chi connectivity index (χ4n) is 2.04. The van der Waals surface area contributed by atoms with Crippen LogP contribution in [0.3, 0.4) is 0 Å². The molecule has 3 heteroatoms. The standard InChI is InChI=1S/C13H23N3/c1-11(10-14-12-6-7-12)4-3-5-13-8-9-15-16(13)2/h8-9,11-12,14H,3-7,10H2,1-2H3. The smallest absolute Gasteiger partial charge is 0.0492 e. The third-order valence-electron chi connectivity index (χ3n) is 3.38. The van der Waals surface area contributed by atoms with Crippen molar-refractivity contribution in [1.82, 2.24) is 15.1 Å². The molecule has 1 aromatic heterocycles. The van der Waals surface area contributed by atoms with Gasteiger partial charge in [-0.15, -0.1) is 0 Å². The van der Waals surface area contributed by atoms with Gasteiger partial charge in [-0.05, 0) is 50.6 Å². The van der Waals surface area contributed by atoms with Crippen molar-refractivity contribution in [3.63, 3.8) is 0 Å². The van der Waals surface area contributed by atoms with E-state index in [0.717, 1.165) is 18.4 Å². The SMILES string of the molecule is CC(CCCc1ccnn1C)CNC1CC1. The Kier molecular flexibility index (Phi) is 3.99. The molecule has 1 aliphatic carbocycles. The molecule has 1 heterocycles. The third-order valence-corrected chi connectivity index (χ3v) is 3.38. The number of aryl methyl sites for hydroxylation is 2. The van der Waals surface area contributed by atoms with Crippen molar-refractivity contribution in [2.45, 2.75) is 45.1 Å². The van der Waals surface area contributed by atoms with E-state index >= 15 is 0 Å². The summed E-state index contributed by atoms with van der Waals surface area (Å²) in [6.45, 7) is 3.54. The maximum Gasteiger partial charge on any atom is 0.0492 e. The van der Waals surface area contributed by atoms with Crippen LogP contribution in [0.15, 0.2) is 12.3 Å². The maximum absolute atomic E-state index is 4.19. The predicted octanol–water partition coefficient (Wildman–Crippen LogP) is 2.13. The van der Waals surface area contributed by atoms with E-state index in [1.165, 1.54) is 37.9 Å². The van der Waals surface area contributed by atoms with Gasteiger partial charge in [0.05, 0.1) is 0 Å². The molecule has 16 heavy (non-hydrogen) atoms. The molecular formula is C13H23N3. The summed E-state index contributed by atoms with van der Waals surface area (Å²) in [4.78, 5) is 0. The Labute approximate surface area is 98.2 Å². The molecule has 1 fully saturated rings. The Morgan fingerprint density at radius 1 is 1.56 bits per heavy atom. The summed E-state index contributed by atoms with van der Waals surface area (Å²) in [5, 5.41) is 7.78. The second-order valence-corrected chi connectivity index (χ2v) is 5.13. The molecule has 0 spiro atoms. The molecule has 1 aliphatic rings. The third kappa shape index (κ3) is 3.63. The molecule has 1 aromatic rings. The minimum absolute atomic E-state index is 0.800. The zero-order valence-electron chi connectivity index (χ0n) is 10.4. The van der Waals surface area contributed by atoms with Crippen LogP contribution in [0.2, 0.25) is 0 Å². The van der Waals surface area contributed by atoms with Crippen molar-refractivity contribution < 1.29 is 0 Å². The molecule has 90 valence electrons. The van der Waals surface area contributed by atoms with E-state index < -0.39 is 0 Å². The average molecular weight is 221 g/mol. The molecule has 0 radical (unpaired) electrons. The minimum atomic E-state index is 0.800. The van der Waals surface area contributed by atoms with Gasteiger partial charge in [-0.2, -0.15) is 5.10 Å². The van der Waals surface area contributed by atoms with E-state index in [2.05, 4.69) is 23.4 Å². The molecule has 1 atom stereocenters. The normalized spacial score (nSPS) is 17.6. The zero-order valence-corrected chi connectivity index (χ0v) is 10.4. The van der Waals surface area contributed by atoms with Crippen molar-refractivity contribution in [3.05, 3.63) is 18.0 Å². The number of aromatic nitrogens is 2. The second kappa shape index (κ2) is 5.48. The lowest BCUT2D eigenvalue weighted by Crippen LogP contribution is -2.23. The van der Waals surface area contributed by atoms with Crippen molar-refractivity contribution in [1.29, 1.82) is 0 Å². The van der Waals surface area contributed by atoms with Gasteiger partial charge in [-0.25, -0.2) is 0 Å². The Bertz CT molecular complexity index is 315. The zero-order chi connectivity index (χ0) is 11.4. The summed E-state index contributed by atoms with van der Waals surface area (Å²) >= 11 is 0. The molecule has 0 saturated heterocycles. The second-order valence-electron chi connectivity index (χ2n) is 5.13. The first-order chi connectivity index (χ1) is 7.75. The van der Waals surface area contributed by atoms with Crippen molar-refractivity contribution in [3.8, 4) is 0 Å². The Balaban J connectivity index is 1.57. The molecule has 0 aromatic carbocycles. The lowest BCUT2D eigenvalue weighted by molar-refractivity contribution is 0.462. The Hall–Kier alpha value is -0.830. The van der Waals surface area contributed by atoms with Crippen molar-refractivity contribution in [2.24, 2.45) is 13.0 Å². The topological polar surface area (TPSA) is 29.9 Å². The highest BCUT2D eigenvalue weighted by Gasteiger charge is 2.20. The highest BCUT2D eigenvalue weighted by molar-refractivity contribution is 4.99. The summed E-state index contributed by atoms with van der Waals surface area (Å²) in [7, 11) is 2.02. The molecule has 1 saturated carbocycles. The minimum Gasteiger partial charge on any atom is -0.314 e. The van der Waals surface area contributed by atoms with Crippen LogP contribution in [-0.2, 0) is 13.5 Å². The number of nitrogens with zero attached hydrogens (tertiary/aromatic N) is 2. The first kappa shape index (κ1) is 11.6. The highest BCUT2D eigenvalue weighted by atomic mass is 15.2. The van der Waals surface area contributed by atoms with Gasteiger partial charge in [0.15, 0.2) is 0 Å². The molecule has 1 unspecified atom stereocenters. The first-order valence-corrected chi connectivity index (χ1v) is 6.46. The molecule has 0 aliphatic heterocycles. The van der Waals surface area contributed by atoms with Crippen LogP contribution in [0.1, 0.15) is 38.3 Å². The maximum atomic E-state index is 4.19. The van der Waals surface area contributed by atoms with E-state index in [1.807, 2.05) is 17.9 Å². The molecule has 0 amide bonds. The van der Waals surface area contributed by atoms with E-state index in [4.69, 9.17) is 0 Å². The van der Waals surface area contributed by atoms with Crippen LogP contribution in [0.25, 0.3) is 0 Å². The number of rotatable bonds is 7. The predicted molar refractivity (Wildman–Crippen MR) is 66.3 cm³/mol. The van der Waals surface area contributed by atoms with Gasteiger partial charge in [0.25, 0.3) is 0 Å². The highest BCUT2D eigenvalue weighted by Crippen LogP contribution is 2.19. The van der Waals surface area contributed by atoms with Gasteiger partial charge in [0.2, 0.25) is 0 Å². The quantitative estimate of drug-likeness (QED) is 0.764. The number of hydrogen-bond acceptors (Lipinski definition) is 2. The van der Waals surface area contributed by atoms with Crippen LogP contribution in [0.4, 0.5) is 0 Å². The van der Waals surface area contributed by atoms with Crippen molar-refractivity contribution in [2.75, 3.05) is 6.54 Å².